The van der Waals surface area contributed by atoms with Gasteiger partial charge in [-0.15, -0.1) is 0 Å². The molecule has 5 aromatic rings. The summed E-state index contributed by atoms with van der Waals surface area (Å²) in [5, 5.41) is 8.70. The summed E-state index contributed by atoms with van der Waals surface area (Å²) in [5.41, 5.74) is 3.19. The number of methoxy groups -OCH3 is 1. The van der Waals surface area contributed by atoms with E-state index in [4.69, 9.17) is 4.74 Å². The average molecular weight is 492 g/mol. The standard InChI is InChI=1S/C29H25N5O3/c1-19(31-28(35)25-20(2)32-33-16-9-15-30-27(25)33)24-18-22-11-7-10-21(12-8-17-37-3)26(22)29(36)34(24)23-13-5-4-6-14-23/h4-7,9-11,13-16,18-19H,17H2,1-3H3,(H,31,35)/t19-/m0/s1. The van der Waals surface area contributed by atoms with Crippen LogP contribution < -0.4 is 10.9 Å². The molecule has 0 saturated carbocycles. The highest BCUT2D eigenvalue weighted by atomic mass is 16.5. The van der Waals surface area contributed by atoms with Crippen molar-refractivity contribution in [3.63, 3.8) is 0 Å². The molecular formula is C29H25N5O3. The number of ether oxygens (including phenoxy) is 1. The zero-order valence-corrected chi connectivity index (χ0v) is 20.7. The Kier molecular flexibility index (Phi) is 6.54. The van der Waals surface area contributed by atoms with Crippen LogP contribution in [0.2, 0.25) is 0 Å². The number of fused-ring (bicyclic) bond motifs is 2. The lowest BCUT2D eigenvalue weighted by Gasteiger charge is -2.21. The molecule has 1 amide bonds. The predicted octanol–water partition coefficient (Wildman–Crippen LogP) is 3.83. The van der Waals surface area contributed by atoms with E-state index >= 15 is 0 Å². The van der Waals surface area contributed by atoms with Gasteiger partial charge in [0.25, 0.3) is 11.5 Å². The van der Waals surface area contributed by atoms with Crippen molar-refractivity contribution in [2.75, 3.05) is 13.7 Å². The van der Waals surface area contributed by atoms with Crippen LogP contribution in [0.25, 0.3) is 22.1 Å². The Bertz CT molecular complexity index is 1740. The topological polar surface area (TPSA) is 90.5 Å². The predicted molar refractivity (Wildman–Crippen MR) is 142 cm³/mol. The van der Waals surface area contributed by atoms with Crippen LogP contribution in [0.5, 0.6) is 0 Å². The maximum absolute atomic E-state index is 14.0. The van der Waals surface area contributed by atoms with Crippen LogP contribution in [0.3, 0.4) is 0 Å². The van der Waals surface area contributed by atoms with E-state index in [1.165, 1.54) is 0 Å². The maximum Gasteiger partial charge on any atom is 0.264 e. The van der Waals surface area contributed by atoms with Gasteiger partial charge in [-0.25, -0.2) is 9.50 Å². The molecule has 3 aromatic heterocycles. The Labute approximate surface area is 213 Å². The van der Waals surface area contributed by atoms with Gasteiger partial charge < -0.3 is 10.1 Å². The van der Waals surface area contributed by atoms with Crippen molar-refractivity contribution >= 4 is 22.3 Å². The number of hydrogen-bond donors (Lipinski definition) is 1. The summed E-state index contributed by atoms with van der Waals surface area (Å²) < 4.78 is 8.26. The third-order valence-corrected chi connectivity index (χ3v) is 6.12. The number of carbonyl (C=O) groups excluding carboxylic acids is 1. The fraction of sp³-hybridized carbons (Fsp3) is 0.172. The zero-order valence-electron chi connectivity index (χ0n) is 20.7. The highest BCUT2D eigenvalue weighted by Crippen LogP contribution is 2.24. The highest BCUT2D eigenvalue weighted by molar-refractivity contribution is 6.01. The number of amides is 1. The minimum absolute atomic E-state index is 0.212. The number of para-hydroxylation sites is 1. The van der Waals surface area contributed by atoms with Gasteiger partial charge in [-0.2, -0.15) is 5.10 Å². The number of nitrogens with one attached hydrogen (secondary N) is 1. The van der Waals surface area contributed by atoms with E-state index in [-0.39, 0.29) is 18.1 Å². The smallest absolute Gasteiger partial charge is 0.264 e. The molecule has 1 atom stereocenters. The molecule has 0 unspecified atom stereocenters. The molecule has 0 bridgehead atoms. The van der Waals surface area contributed by atoms with Crippen LogP contribution in [-0.4, -0.2) is 38.8 Å². The fourth-order valence-corrected chi connectivity index (χ4v) is 4.46. The second-order valence-electron chi connectivity index (χ2n) is 8.59. The number of carbonyl (C=O) groups is 1. The maximum atomic E-state index is 14.0. The normalized spacial score (nSPS) is 11.8. The van der Waals surface area contributed by atoms with Gasteiger partial charge in [-0.3, -0.25) is 14.2 Å². The highest BCUT2D eigenvalue weighted by Gasteiger charge is 2.23. The van der Waals surface area contributed by atoms with Crippen LogP contribution >= 0.6 is 0 Å². The van der Waals surface area contributed by atoms with E-state index in [2.05, 4.69) is 27.2 Å². The SMILES string of the molecule is COCC#Cc1cccc2cc([C@H](C)NC(=O)c3c(C)nn4cccnc34)n(-c3ccccc3)c(=O)c12. The lowest BCUT2D eigenvalue weighted by Crippen LogP contribution is -2.32. The third-order valence-electron chi connectivity index (χ3n) is 6.12. The van der Waals surface area contributed by atoms with Crippen molar-refractivity contribution in [2.45, 2.75) is 19.9 Å². The van der Waals surface area contributed by atoms with E-state index in [0.29, 0.717) is 39.2 Å². The second-order valence-corrected chi connectivity index (χ2v) is 8.59. The van der Waals surface area contributed by atoms with E-state index in [0.717, 1.165) is 5.39 Å². The van der Waals surface area contributed by atoms with Crippen molar-refractivity contribution in [1.82, 2.24) is 24.5 Å². The first-order valence-electron chi connectivity index (χ1n) is 11.8. The van der Waals surface area contributed by atoms with Gasteiger partial charge in [-0.1, -0.05) is 42.2 Å². The zero-order chi connectivity index (χ0) is 25.9. The molecule has 0 aliphatic carbocycles. The number of pyridine rings is 1. The van der Waals surface area contributed by atoms with Gasteiger partial charge in [0, 0.05) is 36.4 Å². The number of aryl methyl sites for hydroxylation is 1. The summed E-state index contributed by atoms with van der Waals surface area (Å²) in [6, 6.07) is 18.1. The first-order valence-corrected chi connectivity index (χ1v) is 11.8. The molecule has 0 saturated heterocycles. The van der Waals surface area contributed by atoms with Gasteiger partial charge in [0.1, 0.15) is 12.2 Å². The summed E-state index contributed by atoms with van der Waals surface area (Å²) >= 11 is 0. The molecule has 8 heteroatoms. The Morgan fingerprint density at radius 2 is 1.95 bits per heavy atom. The van der Waals surface area contributed by atoms with E-state index in [1.54, 1.807) is 41.6 Å². The molecule has 0 aliphatic rings. The molecule has 8 nitrogen and oxygen atoms in total. The van der Waals surface area contributed by atoms with Crippen LogP contribution in [-0.2, 0) is 4.74 Å². The van der Waals surface area contributed by atoms with E-state index in [9.17, 15) is 9.59 Å². The molecule has 5 rings (SSSR count). The van der Waals surface area contributed by atoms with Crippen molar-refractivity contribution in [3.8, 4) is 17.5 Å². The lowest BCUT2D eigenvalue weighted by atomic mass is 10.0. The molecule has 1 N–H and O–H groups in total. The van der Waals surface area contributed by atoms with Gasteiger partial charge in [0.2, 0.25) is 0 Å². The summed E-state index contributed by atoms with van der Waals surface area (Å²) in [6.07, 6.45) is 3.37. The molecule has 0 fully saturated rings. The van der Waals surface area contributed by atoms with Crippen LogP contribution in [0.1, 0.15) is 40.3 Å². The third kappa shape index (κ3) is 4.48. The Morgan fingerprint density at radius 1 is 1.14 bits per heavy atom. The second kappa shape index (κ2) is 10.1. The van der Waals surface area contributed by atoms with Gasteiger partial charge in [-0.05, 0) is 49.6 Å². The van der Waals surface area contributed by atoms with Crippen molar-refractivity contribution in [3.05, 3.63) is 106 Å². The first-order chi connectivity index (χ1) is 18.0. The molecule has 0 radical (unpaired) electrons. The quantitative estimate of drug-likeness (QED) is 0.378. The number of hydrogen-bond acceptors (Lipinski definition) is 5. The molecule has 2 aromatic carbocycles. The van der Waals surface area contributed by atoms with E-state index in [1.807, 2.05) is 61.5 Å². The number of aromatic nitrogens is 4. The summed E-state index contributed by atoms with van der Waals surface area (Å²) in [5.74, 6) is 5.68. The van der Waals surface area contributed by atoms with Crippen LogP contribution in [0, 0.1) is 18.8 Å². The monoisotopic (exact) mass is 491 g/mol. The molecule has 3 heterocycles. The largest absolute Gasteiger partial charge is 0.372 e. The summed E-state index contributed by atoms with van der Waals surface area (Å²) in [6.45, 7) is 3.90. The van der Waals surface area contributed by atoms with Gasteiger partial charge in [0.15, 0.2) is 5.65 Å². The fourth-order valence-electron chi connectivity index (χ4n) is 4.46. The molecule has 0 aliphatic heterocycles. The number of benzene rings is 2. The summed E-state index contributed by atoms with van der Waals surface area (Å²) in [7, 11) is 1.58. The van der Waals surface area contributed by atoms with Crippen LogP contribution in [0.15, 0.2) is 77.9 Å². The Morgan fingerprint density at radius 3 is 2.73 bits per heavy atom. The van der Waals surface area contributed by atoms with Crippen molar-refractivity contribution in [2.24, 2.45) is 0 Å². The van der Waals surface area contributed by atoms with Crippen LogP contribution in [0.4, 0.5) is 0 Å². The average Bonchev–Trinajstić information content (AvgIpc) is 3.24. The van der Waals surface area contributed by atoms with Crippen molar-refractivity contribution < 1.29 is 9.53 Å². The summed E-state index contributed by atoms with van der Waals surface area (Å²) in [4.78, 5) is 31.7. The Balaban J connectivity index is 1.64. The first kappa shape index (κ1) is 24.0. The number of nitrogens with zero attached hydrogens (tertiary/aromatic N) is 4. The molecular weight excluding hydrogens is 466 g/mol. The molecule has 37 heavy (non-hydrogen) atoms. The molecule has 0 spiro atoms. The van der Waals surface area contributed by atoms with E-state index < -0.39 is 6.04 Å². The molecule has 184 valence electrons. The lowest BCUT2D eigenvalue weighted by molar-refractivity contribution is 0.0939. The minimum atomic E-state index is -0.508. The van der Waals surface area contributed by atoms with Crippen molar-refractivity contribution in [1.29, 1.82) is 0 Å². The number of rotatable bonds is 5. The minimum Gasteiger partial charge on any atom is -0.372 e. The van der Waals surface area contributed by atoms with Gasteiger partial charge in [0.05, 0.1) is 17.1 Å². The van der Waals surface area contributed by atoms with Gasteiger partial charge >= 0.3 is 0 Å². The Hall–Kier alpha value is -4.74.